The van der Waals surface area contributed by atoms with Crippen molar-refractivity contribution in [1.82, 2.24) is 25.1 Å². The SMILES string of the molecule is COc1cccc(C(=O)NCc2nnc(SCC(=O)N3N=C(c4cccs4)CC3c3ccc(F)cc3)n2-c2ccc([N+](=O)[O-])cc2)c1. The lowest BCUT2D eigenvalue weighted by Gasteiger charge is -2.22. The number of methoxy groups -OCH3 is 1. The Morgan fingerprint density at radius 3 is 2.57 bits per heavy atom. The minimum atomic E-state index is -0.502. The Balaban J connectivity index is 1.25. The summed E-state index contributed by atoms with van der Waals surface area (Å²) in [5.41, 5.74) is 2.30. The van der Waals surface area contributed by atoms with Gasteiger partial charge in [0.15, 0.2) is 11.0 Å². The van der Waals surface area contributed by atoms with Crippen molar-refractivity contribution in [2.24, 2.45) is 5.10 Å². The van der Waals surface area contributed by atoms with Gasteiger partial charge in [-0.3, -0.25) is 24.3 Å². The van der Waals surface area contributed by atoms with Gasteiger partial charge in [-0.05, 0) is 59.5 Å². The number of non-ortho nitro benzene ring substituents is 1. The molecule has 6 rings (SSSR count). The van der Waals surface area contributed by atoms with E-state index in [-0.39, 0.29) is 35.6 Å². The zero-order valence-electron chi connectivity index (χ0n) is 24.8. The molecule has 12 nitrogen and oxygen atoms in total. The highest BCUT2D eigenvalue weighted by atomic mass is 32.2. The van der Waals surface area contributed by atoms with Gasteiger partial charge in [0, 0.05) is 29.8 Å². The molecule has 0 spiro atoms. The first-order valence-electron chi connectivity index (χ1n) is 14.2. The van der Waals surface area contributed by atoms with Crippen molar-refractivity contribution < 1.29 is 23.6 Å². The maximum Gasteiger partial charge on any atom is 0.269 e. The molecule has 0 saturated heterocycles. The highest BCUT2D eigenvalue weighted by molar-refractivity contribution is 7.99. The van der Waals surface area contributed by atoms with E-state index < -0.39 is 11.0 Å². The van der Waals surface area contributed by atoms with Crippen LogP contribution in [0.3, 0.4) is 0 Å². The van der Waals surface area contributed by atoms with Crippen molar-refractivity contribution in [1.29, 1.82) is 0 Å². The van der Waals surface area contributed by atoms with E-state index in [1.807, 2.05) is 17.5 Å². The number of nitro groups is 1. The Labute approximate surface area is 276 Å². The van der Waals surface area contributed by atoms with Crippen molar-refractivity contribution in [2.75, 3.05) is 12.9 Å². The number of ether oxygens (including phenoxy) is 1. The number of aromatic nitrogens is 3. The number of thioether (sulfide) groups is 1. The van der Waals surface area contributed by atoms with Crippen LogP contribution >= 0.6 is 23.1 Å². The van der Waals surface area contributed by atoms with Crippen LogP contribution in [0.5, 0.6) is 5.75 Å². The van der Waals surface area contributed by atoms with E-state index in [4.69, 9.17) is 4.74 Å². The van der Waals surface area contributed by atoms with Crippen LogP contribution in [0.1, 0.15) is 39.1 Å². The Kier molecular flexibility index (Phi) is 9.35. The normalized spacial score (nSPS) is 14.1. The molecule has 15 heteroatoms. The smallest absolute Gasteiger partial charge is 0.269 e. The molecular weight excluding hydrogens is 646 g/mol. The molecule has 1 N–H and O–H groups in total. The number of benzene rings is 3. The zero-order valence-corrected chi connectivity index (χ0v) is 26.4. The maximum atomic E-state index is 13.7. The minimum Gasteiger partial charge on any atom is -0.497 e. The van der Waals surface area contributed by atoms with Gasteiger partial charge in [0.2, 0.25) is 0 Å². The summed E-state index contributed by atoms with van der Waals surface area (Å²) in [5.74, 6) is -0.246. The summed E-state index contributed by atoms with van der Waals surface area (Å²) in [5, 5.41) is 31.0. The molecule has 0 radical (unpaired) electrons. The monoisotopic (exact) mass is 671 g/mol. The molecular formula is C32H26FN7O5S2. The Morgan fingerprint density at radius 1 is 1.09 bits per heavy atom. The Hall–Kier alpha value is -5.41. The van der Waals surface area contributed by atoms with Crippen LogP contribution in [-0.2, 0) is 11.3 Å². The number of thiophene rings is 1. The standard InChI is InChI=1S/C32H26FN7O5S2/c1-45-25-5-2-4-21(16-25)31(42)34-18-29-35-36-32(38(29)23-11-13-24(14-12-23)40(43)44)47-19-30(41)39-27(20-7-9-22(33)10-8-20)17-26(37-39)28-6-3-15-46-28/h2-16,27H,17-19H2,1H3,(H,34,42). The number of carbonyl (C=O) groups excluding carboxylic acids is 2. The molecule has 238 valence electrons. The van der Waals surface area contributed by atoms with Gasteiger partial charge in [-0.2, -0.15) is 5.10 Å². The molecule has 1 aliphatic rings. The number of rotatable bonds is 11. The van der Waals surface area contributed by atoms with E-state index in [1.165, 1.54) is 47.7 Å². The number of amides is 2. The molecule has 0 aliphatic carbocycles. The number of carbonyl (C=O) groups is 2. The van der Waals surface area contributed by atoms with Crippen LogP contribution in [0.15, 0.2) is 101 Å². The predicted molar refractivity (Wildman–Crippen MR) is 174 cm³/mol. The summed E-state index contributed by atoms with van der Waals surface area (Å²) in [4.78, 5) is 38.3. The lowest BCUT2D eigenvalue weighted by molar-refractivity contribution is -0.384. The Morgan fingerprint density at radius 2 is 1.87 bits per heavy atom. The summed E-state index contributed by atoms with van der Waals surface area (Å²) in [6.07, 6.45) is 0.471. The topological polar surface area (TPSA) is 145 Å². The van der Waals surface area contributed by atoms with E-state index in [0.717, 1.165) is 27.9 Å². The molecule has 3 heterocycles. The molecule has 5 aromatic rings. The molecule has 1 atom stereocenters. The van der Waals surface area contributed by atoms with Gasteiger partial charge in [0.05, 0.1) is 41.0 Å². The number of halogens is 1. The quantitative estimate of drug-likeness (QED) is 0.106. The first-order valence-corrected chi connectivity index (χ1v) is 16.1. The fourth-order valence-corrected chi connectivity index (χ4v) is 6.53. The molecule has 3 aromatic carbocycles. The van der Waals surface area contributed by atoms with Crippen molar-refractivity contribution in [3.05, 3.63) is 128 Å². The second kappa shape index (κ2) is 13.9. The van der Waals surface area contributed by atoms with E-state index in [9.17, 15) is 24.1 Å². The van der Waals surface area contributed by atoms with E-state index in [2.05, 4.69) is 20.6 Å². The molecule has 2 amide bonds. The van der Waals surface area contributed by atoms with Crippen LogP contribution in [0, 0.1) is 15.9 Å². The molecule has 47 heavy (non-hydrogen) atoms. The number of nitro benzene ring substituents is 1. The summed E-state index contributed by atoms with van der Waals surface area (Å²) in [6, 6.07) is 21.9. The van der Waals surface area contributed by atoms with Crippen molar-refractivity contribution >= 4 is 46.3 Å². The summed E-state index contributed by atoms with van der Waals surface area (Å²) in [6.45, 7) is -0.0260. The van der Waals surface area contributed by atoms with Crippen LogP contribution in [-0.4, -0.2) is 55.1 Å². The van der Waals surface area contributed by atoms with Crippen molar-refractivity contribution in [3.63, 3.8) is 0 Å². The highest BCUT2D eigenvalue weighted by Gasteiger charge is 2.34. The lowest BCUT2D eigenvalue weighted by Crippen LogP contribution is -2.28. The highest BCUT2D eigenvalue weighted by Crippen LogP contribution is 2.35. The van der Waals surface area contributed by atoms with E-state index >= 15 is 0 Å². The first kappa shape index (κ1) is 31.6. The molecule has 1 aliphatic heterocycles. The fourth-order valence-electron chi connectivity index (χ4n) is 4.99. The summed E-state index contributed by atoms with van der Waals surface area (Å²) < 4.78 is 20.6. The second-order valence-electron chi connectivity index (χ2n) is 10.2. The van der Waals surface area contributed by atoms with Crippen molar-refractivity contribution in [2.45, 2.75) is 24.2 Å². The second-order valence-corrected chi connectivity index (χ2v) is 12.1. The van der Waals surface area contributed by atoms with Gasteiger partial charge in [-0.25, -0.2) is 9.40 Å². The number of nitrogens with one attached hydrogen (secondary N) is 1. The lowest BCUT2D eigenvalue weighted by atomic mass is 10.0. The fraction of sp³-hybridized carbons (Fsp3) is 0.156. The van der Waals surface area contributed by atoms with Crippen LogP contribution < -0.4 is 10.1 Å². The number of hydrogen-bond donors (Lipinski definition) is 1. The summed E-state index contributed by atoms with van der Waals surface area (Å²) in [7, 11) is 1.51. The average molecular weight is 672 g/mol. The largest absolute Gasteiger partial charge is 0.497 e. The number of hydrogen-bond acceptors (Lipinski definition) is 10. The van der Waals surface area contributed by atoms with Gasteiger partial charge in [0.1, 0.15) is 11.6 Å². The third-order valence-corrected chi connectivity index (χ3v) is 9.14. The van der Waals surface area contributed by atoms with E-state index in [0.29, 0.717) is 34.4 Å². The van der Waals surface area contributed by atoms with Crippen LogP contribution in [0.4, 0.5) is 10.1 Å². The van der Waals surface area contributed by atoms with Crippen LogP contribution in [0.2, 0.25) is 0 Å². The summed E-state index contributed by atoms with van der Waals surface area (Å²) >= 11 is 2.63. The van der Waals surface area contributed by atoms with Gasteiger partial charge < -0.3 is 10.1 Å². The molecule has 0 saturated carbocycles. The van der Waals surface area contributed by atoms with E-state index in [1.54, 1.807) is 53.1 Å². The number of hydrazone groups is 1. The van der Waals surface area contributed by atoms with Gasteiger partial charge >= 0.3 is 0 Å². The van der Waals surface area contributed by atoms with Crippen molar-refractivity contribution in [3.8, 4) is 11.4 Å². The molecule has 0 bridgehead atoms. The molecule has 1 unspecified atom stereocenters. The molecule has 0 fully saturated rings. The van der Waals surface area contributed by atoms with Crippen LogP contribution in [0.25, 0.3) is 5.69 Å². The minimum absolute atomic E-state index is 0.0260. The Bertz CT molecular complexity index is 1950. The maximum absolute atomic E-state index is 13.7. The zero-order chi connectivity index (χ0) is 32.9. The van der Waals surface area contributed by atoms with Gasteiger partial charge in [-0.15, -0.1) is 21.5 Å². The third kappa shape index (κ3) is 7.05. The third-order valence-electron chi connectivity index (χ3n) is 7.31. The predicted octanol–water partition coefficient (Wildman–Crippen LogP) is 5.78. The van der Waals surface area contributed by atoms with Gasteiger partial charge in [-0.1, -0.05) is 36.0 Å². The molecule has 2 aromatic heterocycles. The number of nitrogens with zero attached hydrogens (tertiary/aromatic N) is 6. The average Bonchev–Trinajstić information content (AvgIpc) is 3.87. The first-order chi connectivity index (χ1) is 22.8. The van der Waals surface area contributed by atoms with Gasteiger partial charge in [0.25, 0.3) is 17.5 Å².